The van der Waals surface area contributed by atoms with Crippen LogP contribution in [0, 0.1) is 29.1 Å². The number of benzene rings is 2. The second-order valence-electron chi connectivity index (χ2n) is 7.26. The highest BCUT2D eigenvalue weighted by molar-refractivity contribution is 6.05. The quantitative estimate of drug-likeness (QED) is 0.871. The van der Waals surface area contributed by atoms with E-state index in [1.807, 2.05) is 30.3 Å². The molecule has 1 N–H and O–H groups in total. The summed E-state index contributed by atoms with van der Waals surface area (Å²) in [6.07, 6.45) is 2.26. The SMILES string of the molecule is N#Cc1ccc(N2OC[C@H]3C4CCC(NC4)[C@H]3C2=O)c2ccccc12. The molecule has 5 heteroatoms. The van der Waals surface area contributed by atoms with Crippen LogP contribution in [0.5, 0.6) is 0 Å². The van der Waals surface area contributed by atoms with Crippen molar-refractivity contribution >= 4 is 22.4 Å². The van der Waals surface area contributed by atoms with E-state index in [1.54, 1.807) is 6.07 Å². The lowest BCUT2D eigenvalue weighted by molar-refractivity contribution is -0.151. The van der Waals surface area contributed by atoms with Gasteiger partial charge in [0.15, 0.2) is 0 Å². The third-order valence-corrected chi connectivity index (χ3v) is 6.11. The first kappa shape index (κ1) is 14.9. The van der Waals surface area contributed by atoms with Gasteiger partial charge >= 0.3 is 0 Å². The molecule has 25 heavy (non-hydrogen) atoms. The summed E-state index contributed by atoms with van der Waals surface area (Å²) in [4.78, 5) is 19.2. The van der Waals surface area contributed by atoms with Crippen LogP contribution in [0.25, 0.3) is 10.8 Å². The van der Waals surface area contributed by atoms with Crippen molar-refractivity contribution in [1.82, 2.24) is 5.32 Å². The highest BCUT2D eigenvalue weighted by atomic mass is 16.7. The third kappa shape index (κ3) is 2.11. The average Bonchev–Trinajstić information content (AvgIpc) is 2.68. The molecule has 4 aliphatic rings. The molecule has 0 radical (unpaired) electrons. The molecule has 2 bridgehead atoms. The number of piperidine rings is 2. The van der Waals surface area contributed by atoms with Gasteiger partial charge in [-0.2, -0.15) is 10.3 Å². The number of carbonyl (C=O) groups excluding carboxylic acids is 1. The topological polar surface area (TPSA) is 65.4 Å². The Labute approximate surface area is 146 Å². The smallest absolute Gasteiger partial charge is 0.255 e. The van der Waals surface area contributed by atoms with Crippen molar-refractivity contribution in [1.29, 1.82) is 5.26 Å². The largest absolute Gasteiger partial charge is 0.313 e. The van der Waals surface area contributed by atoms with Crippen LogP contribution in [-0.4, -0.2) is 25.1 Å². The molecule has 3 heterocycles. The average molecular weight is 333 g/mol. The van der Waals surface area contributed by atoms with Crippen LogP contribution in [-0.2, 0) is 9.63 Å². The molecule has 3 saturated heterocycles. The first-order valence-corrected chi connectivity index (χ1v) is 8.90. The van der Waals surface area contributed by atoms with Gasteiger partial charge in [0.2, 0.25) is 0 Å². The van der Waals surface area contributed by atoms with Crippen molar-refractivity contribution in [2.24, 2.45) is 17.8 Å². The lowest BCUT2D eigenvalue weighted by atomic mass is 9.65. The minimum Gasteiger partial charge on any atom is -0.313 e. The second kappa shape index (κ2) is 5.55. The van der Waals surface area contributed by atoms with Gasteiger partial charge in [0.1, 0.15) is 0 Å². The Morgan fingerprint density at radius 3 is 2.76 bits per heavy atom. The first-order chi connectivity index (χ1) is 12.3. The number of fused-ring (bicyclic) bond motifs is 3. The van der Waals surface area contributed by atoms with E-state index in [2.05, 4.69) is 11.4 Å². The van der Waals surface area contributed by atoms with Crippen LogP contribution in [0.1, 0.15) is 18.4 Å². The number of nitriles is 1. The number of amides is 1. The molecule has 0 spiro atoms. The molecule has 2 unspecified atom stereocenters. The fourth-order valence-corrected chi connectivity index (χ4v) is 4.86. The van der Waals surface area contributed by atoms with Gasteiger partial charge in [-0.05, 0) is 37.4 Å². The number of nitrogens with zero attached hydrogens (tertiary/aromatic N) is 2. The van der Waals surface area contributed by atoms with E-state index in [0.29, 0.717) is 24.0 Å². The molecular formula is C20H19N3O2. The van der Waals surface area contributed by atoms with Crippen LogP contribution in [0.15, 0.2) is 36.4 Å². The highest BCUT2D eigenvalue weighted by Gasteiger charge is 2.51. The maximum absolute atomic E-state index is 13.2. The molecule has 126 valence electrons. The van der Waals surface area contributed by atoms with Gasteiger partial charge < -0.3 is 5.32 Å². The maximum atomic E-state index is 13.2. The molecular weight excluding hydrogens is 314 g/mol. The Kier molecular flexibility index (Phi) is 3.30. The first-order valence-electron chi connectivity index (χ1n) is 8.90. The second-order valence-corrected chi connectivity index (χ2v) is 7.26. The lowest BCUT2D eigenvalue weighted by Crippen LogP contribution is -2.64. The predicted molar refractivity (Wildman–Crippen MR) is 93.6 cm³/mol. The summed E-state index contributed by atoms with van der Waals surface area (Å²) in [6.45, 7) is 1.59. The number of rotatable bonds is 1. The highest BCUT2D eigenvalue weighted by Crippen LogP contribution is 2.44. The Morgan fingerprint density at radius 2 is 2.00 bits per heavy atom. The van der Waals surface area contributed by atoms with Crippen LogP contribution in [0.4, 0.5) is 5.69 Å². The zero-order valence-corrected chi connectivity index (χ0v) is 13.8. The van der Waals surface area contributed by atoms with Gasteiger partial charge in [0.25, 0.3) is 5.91 Å². The minimum absolute atomic E-state index is 0.00402. The number of carbonyl (C=O) groups is 1. The van der Waals surface area contributed by atoms with Gasteiger partial charge in [0.05, 0.1) is 29.8 Å². The van der Waals surface area contributed by atoms with Gasteiger partial charge in [-0.15, -0.1) is 0 Å². The van der Waals surface area contributed by atoms with Crippen molar-refractivity contribution in [2.75, 3.05) is 18.2 Å². The lowest BCUT2D eigenvalue weighted by Gasteiger charge is -2.51. The van der Waals surface area contributed by atoms with E-state index in [1.165, 1.54) is 11.5 Å². The van der Waals surface area contributed by atoms with E-state index in [4.69, 9.17) is 4.84 Å². The molecule has 5 nitrogen and oxygen atoms in total. The molecule has 0 aromatic heterocycles. The molecule has 1 aliphatic carbocycles. The molecule has 1 amide bonds. The van der Waals surface area contributed by atoms with Crippen LogP contribution < -0.4 is 10.4 Å². The number of hydrogen-bond acceptors (Lipinski definition) is 4. The summed E-state index contributed by atoms with van der Waals surface area (Å²) in [5, 5.41) is 16.1. The van der Waals surface area contributed by atoms with Gasteiger partial charge in [0, 0.05) is 22.7 Å². The fraction of sp³-hybridized carbons (Fsp3) is 0.400. The molecule has 6 rings (SSSR count). The Morgan fingerprint density at radius 1 is 1.16 bits per heavy atom. The predicted octanol–water partition coefficient (Wildman–Crippen LogP) is 2.60. The van der Waals surface area contributed by atoms with E-state index in [0.717, 1.165) is 29.4 Å². The Bertz CT molecular complexity index is 895. The summed E-state index contributed by atoms with van der Waals surface area (Å²) in [7, 11) is 0. The van der Waals surface area contributed by atoms with Crippen molar-refractivity contribution in [2.45, 2.75) is 18.9 Å². The summed E-state index contributed by atoms with van der Waals surface area (Å²) in [6, 6.07) is 13.8. The van der Waals surface area contributed by atoms with Crippen molar-refractivity contribution in [3.05, 3.63) is 42.0 Å². The zero-order valence-electron chi connectivity index (χ0n) is 13.8. The summed E-state index contributed by atoms with van der Waals surface area (Å²) < 4.78 is 0. The molecule has 4 atom stereocenters. The van der Waals surface area contributed by atoms with Gasteiger partial charge in [-0.25, -0.2) is 0 Å². The number of nitrogens with one attached hydrogen (secondary N) is 1. The van der Waals surface area contributed by atoms with Gasteiger partial charge in [-0.3, -0.25) is 9.63 Å². The fourth-order valence-electron chi connectivity index (χ4n) is 4.86. The Hall–Kier alpha value is -2.42. The van der Waals surface area contributed by atoms with Crippen molar-refractivity contribution in [3.8, 4) is 6.07 Å². The molecule has 1 saturated carbocycles. The van der Waals surface area contributed by atoms with Crippen molar-refractivity contribution < 1.29 is 9.63 Å². The van der Waals surface area contributed by atoms with E-state index in [-0.39, 0.29) is 17.9 Å². The third-order valence-electron chi connectivity index (χ3n) is 6.11. The number of anilines is 1. The van der Waals surface area contributed by atoms with Gasteiger partial charge in [-0.1, -0.05) is 24.3 Å². The standard InChI is InChI=1S/C20H19N3O2/c21-9-12-6-8-18(15-4-2-1-3-14(12)15)23-20(24)19-16(11-25-23)13-5-7-17(19)22-10-13/h1-4,6,8,13,16-17,19,22H,5,7,10-11H2/t13?,16-,17?,19-/m0/s1. The van der Waals surface area contributed by atoms with Crippen LogP contribution >= 0.6 is 0 Å². The summed E-state index contributed by atoms with van der Waals surface area (Å²) >= 11 is 0. The zero-order chi connectivity index (χ0) is 17.0. The minimum atomic E-state index is -0.00402. The van der Waals surface area contributed by atoms with E-state index < -0.39 is 0 Å². The van der Waals surface area contributed by atoms with Crippen LogP contribution in [0.2, 0.25) is 0 Å². The monoisotopic (exact) mass is 333 g/mol. The van der Waals surface area contributed by atoms with Crippen molar-refractivity contribution in [3.63, 3.8) is 0 Å². The molecule has 2 aromatic rings. The van der Waals surface area contributed by atoms with E-state index in [9.17, 15) is 10.1 Å². The number of hydroxylamine groups is 1. The normalized spacial score (nSPS) is 31.0. The molecule has 4 fully saturated rings. The maximum Gasteiger partial charge on any atom is 0.255 e. The summed E-state index contributed by atoms with van der Waals surface area (Å²) in [5.74, 6) is 0.913. The molecule has 3 aliphatic heterocycles. The van der Waals surface area contributed by atoms with Crippen LogP contribution in [0.3, 0.4) is 0 Å². The molecule has 2 aromatic carbocycles. The summed E-state index contributed by atoms with van der Waals surface area (Å²) in [5.41, 5.74) is 1.35. The van der Waals surface area contributed by atoms with E-state index >= 15 is 0 Å². The number of hydrogen-bond donors (Lipinski definition) is 1. The Balaban J connectivity index is 1.58.